The zero-order valence-corrected chi connectivity index (χ0v) is 13.8. The molecule has 1 N–H and O–H groups in total. The molecule has 0 spiro atoms. The highest BCUT2D eigenvalue weighted by Crippen LogP contribution is 2.35. The predicted molar refractivity (Wildman–Crippen MR) is 84.7 cm³/mol. The second kappa shape index (κ2) is 5.81. The number of benzene rings is 1. The van der Waals surface area contributed by atoms with Gasteiger partial charge in [0.2, 0.25) is 10.0 Å². The smallest absolute Gasteiger partial charge is 0.244 e. The minimum absolute atomic E-state index is 0.315. The standard InChI is InChI=1S/C14H20N2O2S2/c1-10(2)15-9-13-14(20(17,18)16(3)4)11-7-5-6-8-12(11)19-13/h5-8,10,15H,9H2,1-4H3. The predicted octanol–water partition coefficient (Wildman–Crippen LogP) is 2.65. The second-order valence-electron chi connectivity index (χ2n) is 5.17. The van der Waals surface area contributed by atoms with Gasteiger partial charge in [-0.3, -0.25) is 0 Å². The lowest BCUT2D eigenvalue weighted by Crippen LogP contribution is -2.25. The van der Waals surface area contributed by atoms with Crippen LogP contribution in [0.2, 0.25) is 0 Å². The molecule has 0 saturated carbocycles. The van der Waals surface area contributed by atoms with Crippen LogP contribution in [-0.4, -0.2) is 32.9 Å². The molecule has 0 amide bonds. The summed E-state index contributed by atoms with van der Waals surface area (Å²) in [5.74, 6) is 0. The third-order valence-corrected chi connectivity index (χ3v) is 6.27. The van der Waals surface area contributed by atoms with Crippen molar-refractivity contribution < 1.29 is 8.42 Å². The van der Waals surface area contributed by atoms with E-state index < -0.39 is 10.0 Å². The maximum atomic E-state index is 12.6. The van der Waals surface area contributed by atoms with Crippen LogP contribution in [-0.2, 0) is 16.6 Å². The monoisotopic (exact) mass is 312 g/mol. The first kappa shape index (κ1) is 15.4. The first-order chi connectivity index (χ1) is 9.34. The van der Waals surface area contributed by atoms with Crippen LogP contribution in [0.1, 0.15) is 18.7 Å². The van der Waals surface area contributed by atoms with E-state index in [1.165, 1.54) is 4.31 Å². The molecule has 2 aromatic rings. The van der Waals surface area contributed by atoms with E-state index in [-0.39, 0.29) is 0 Å². The van der Waals surface area contributed by atoms with Gasteiger partial charge in [0.25, 0.3) is 0 Å². The lowest BCUT2D eigenvalue weighted by molar-refractivity contribution is 0.519. The molecular formula is C14H20N2O2S2. The summed E-state index contributed by atoms with van der Waals surface area (Å²) in [5, 5.41) is 4.11. The van der Waals surface area contributed by atoms with Gasteiger partial charge in [-0.15, -0.1) is 11.3 Å². The van der Waals surface area contributed by atoms with Gasteiger partial charge in [0.05, 0.1) is 0 Å². The van der Waals surface area contributed by atoms with Crippen LogP contribution in [0.3, 0.4) is 0 Å². The Hall–Kier alpha value is -0.950. The van der Waals surface area contributed by atoms with Crippen LogP contribution in [0.4, 0.5) is 0 Å². The van der Waals surface area contributed by atoms with E-state index in [4.69, 9.17) is 0 Å². The second-order valence-corrected chi connectivity index (χ2v) is 8.40. The molecule has 110 valence electrons. The Labute approximate surface area is 124 Å². The normalized spacial score (nSPS) is 12.7. The number of thiophene rings is 1. The first-order valence-electron chi connectivity index (χ1n) is 6.50. The van der Waals surface area contributed by atoms with Crippen molar-refractivity contribution in [1.82, 2.24) is 9.62 Å². The molecule has 0 bridgehead atoms. The van der Waals surface area contributed by atoms with Gasteiger partial charge >= 0.3 is 0 Å². The van der Waals surface area contributed by atoms with Gasteiger partial charge in [-0.25, -0.2) is 12.7 Å². The summed E-state index contributed by atoms with van der Waals surface area (Å²) in [4.78, 5) is 1.31. The molecule has 6 heteroatoms. The largest absolute Gasteiger partial charge is 0.310 e. The van der Waals surface area contributed by atoms with Gasteiger partial charge in [-0.05, 0) is 6.07 Å². The number of nitrogens with zero attached hydrogens (tertiary/aromatic N) is 1. The van der Waals surface area contributed by atoms with Crippen molar-refractivity contribution in [1.29, 1.82) is 0 Å². The Balaban J connectivity index is 2.62. The van der Waals surface area contributed by atoms with Crippen LogP contribution >= 0.6 is 11.3 Å². The third-order valence-electron chi connectivity index (χ3n) is 3.03. The Morgan fingerprint density at radius 1 is 1.25 bits per heavy atom. The van der Waals surface area contributed by atoms with Crippen LogP contribution < -0.4 is 5.32 Å². The van der Waals surface area contributed by atoms with Crippen molar-refractivity contribution in [2.45, 2.75) is 31.3 Å². The fourth-order valence-corrected chi connectivity index (χ4v) is 4.69. The van der Waals surface area contributed by atoms with Gasteiger partial charge in [0, 0.05) is 41.6 Å². The van der Waals surface area contributed by atoms with E-state index in [1.807, 2.05) is 38.1 Å². The van der Waals surface area contributed by atoms with Gasteiger partial charge in [-0.1, -0.05) is 32.0 Å². The Bertz CT molecular complexity index is 703. The summed E-state index contributed by atoms with van der Waals surface area (Å²) >= 11 is 1.54. The fourth-order valence-electron chi connectivity index (χ4n) is 1.95. The number of sulfonamides is 1. The van der Waals surface area contributed by atoms with Crippen molar-refractivity contribution in [3.8, 4) is 0 Å². The Kier molecular flexibility index (Phi) is 4.49. The molecule has 0 unspecified atom stereocenters. The molecule has 1 heterocycles. The number of nitrogens with one attached hydrogen (secondary N) is 1. The Morgan fingerprint density at radius 3 is 2.50 bits per heavy atom. The van der Waals surface area contributed by atoms with E-state index in [0.29, 0.717) is 17.5 Å². The average Bonchev–Trinajstić information content (AvgIpc) is 2.74. The molecule has 1 aromatic heterocycles. The summed E-state index contributed by atoms with van der Waals surface area (Å²) in [6, 6.07) is 7.97. The molecule has 0 aliphatic rings. The Morgan fingerprint density at radius 2 is 1.90 bits per heavy atom. The maximum Gasteiger partial charge on any atom is 0.244 e. The van der Waals surface area contributed by atoms with E-state index >= 15 is 0 Å². The number of fused-ring (bicyclic) bond motifs is 1. The molecule has 4 nitrogen and oxygen atoms in total. The van der Waals surface area contributed by atoms with Gasteiger partial charge in [0.15, 0.2) is 0 Å². The van der Waals surface area contributed by atoms with E-state index in [0.717, 1.165) is 15.0 Å². The zero-order chi connectivity index (χ0) is 14.9. The highest BCUT2D eigenvalue weighted by Gasteiger charge is 2.26. The number of hydrogen-bond donors (Lipinski definition) is 1. The first-order valence-corrected chi connectivity index (χ1v) is 8.76. The molecule has 0 fully saturated rings. The van der Waals surface area contributed by atoms with E-state index in [2.05, 4.69) is 5.32 Å². The van der Waals surface area contributed by atoms with Crippen molar-refractivity contribution in [2.75, 3.05) is 14.1 Å². The van der Waals surface area contributed by atoms with Crippen molar-refractivity contribution in [2.24, 2.45) is 0 Å². The lowest BCUT2D eigenvalue weighted by atomic mass is 10.2. The van der Waals surface area contributed by atoms with Crippen molar-refractivity contribution >= 4 is 31.4 Å². The van der Waals surface area contributed by atoms with E-state index in [1.54, 1.807) is 25.4 Å². The maximum absolute atomic E-state index is 12.6. The molecule has 0 saturated heterocycles. The minimum atomic E-state index is -3.43. The van der Waals surface area contributed by atoms with E-state index in [9.17, 15) is 8.42 Å². The summed E-state index contributed by atoms with van der Waals surface area (Å²) in [5.41, 5.74) is 0. The van der Waals surface area contributed by atoms with Gasteiger partial charge in [-0.2, -0.15) is 0 Å². The molecular weight excluding hydrogens is 292 g/mol. The lowest BCUT2D eigenvalue weighted by Gasteiger charge is -2.14. The van der Waals surface area contributed by atoms with Crippen LogP contribution in [0.25, 0.3) is 10.1 Å². The van der Waals surface area contributed by atoms with Gasteiger partial charge < -0.3 is 5.32 Å². The SMILES string of the molecule is CC(C)NCc1sc2ccccc2c1S(=O)(=O)N(C)C. The molecule has 0 aliphatic heterocycles. The molecule has 0 radical (unpaired) electrons. The van der Waals surface area contributed by atoms with Crippen molar-refractivity contribution in [3.05, 3.63) is 29.1 Å². The fraction of sp³-hybridized carbons (Fsp3) is 0.429. The quantitative estimate of drug-likeness (QED) is 0.923. The zero-order valence-electron chi connectivity index (χ0n) is 12.2. The number of hydrogen-bond acceptors (Lipinski definition) is 4. The summed E-state index contributed by atoms with van der Waals surface area (Å²) in [6.07, 6.45) is 0. The van der Waals surface area contributed by atoms with Crippen LogP contribution in [0.15, 0.2) is 29.2 Å². The molecule has 0 atom stereocenters. The highest BCUT2D eigenvalue weighted by molar-refractivity contribution is 7.89. The summed E-state index contributed by atoms with van der Waals surface area (Å²) in [6.45, 7) is 4.67. The van der Waals surface area contributed by atoms with Crippen LogP contribution in [0.5, 0.6) is 0 Å². The minimum Gasteiger partial charge on any atom is -0.310 e. The third kappa shape index (κ3) is 2.88. The molecule has 20 heavy (non-hydrogen) atoms. The summed E-state index contributed by atoms with van der Waals surface area (Å²) < 4.78 is 27.4. The molecule has 1 aromatic carbocycles. The molecule has 2 rings (SSSR count). The topological polar surface area (TPSA) is 49.4 Å². The van der Waals surface area contributed by atoms with Crippen LogP contribution in [0, 0.1) is 0 Å². The number of rotatable bonds is 5. The summed E-state index contributed by atoms with van der Waals surface area (Å²) in [7, 11) is -0.293. The average molecular weight is 312 g/mol. The van der Waals surface area contributed by atoms with Gasteiger partial charge in [0.1, 0.15) is 4.90 Å². The van der Waals surface area contributed by atoms with Crippen molar-refractivity contribution in [3.63, 3.8) is 0 Å². The molecule has 0 aliphatic carbocycles. The highest BCUT2D eigenvalue weighted by atomic mass is 32.2.